The van der Waals surface area contributed by atoms with Crippen LogP contribution in [-0.2, 0) is 6.42 Å². The summed E-state index contributed by atoms with van der Waals surface area (Å²) in [5.74, 6) is 1.77. The molecular weight excluding hydrogens is 414 g/mol. The van der Waals surface area contributed by atoms with Crippen molar-refractivity contribution in [2.45, 2.75) is 19.3 Å². The van der Waals surface area contributed by atoms with Crippen LogP contribution in [0.3, 0.4) is 0 Å². The number of nitrogens with zero attached hydrogens (tertiary/aromatic N) is 2. The van der Waals surface area contributed by atoms with E-state index in [1.165, 1.54) is 5.56 Å². The number of aromatic nitrogens is 2. The molecule has 0 fully saturated rings. The lowest BCUT2D eigenvalue weighted by Crippen LogP contribution is -2.08. The second-order valence-corrected chi connectivity index (χ2v) is 7.65. The minimum Gasteiger partial charge on any atom is -0.494 e. The van der Waals surface area contributed by atoms with Crippen molar-refractivity contribution < 1.29 is 4.74 Å². The van der Waals surface area contributed by atoms with Crippen LogP contribution in [0.1, 0.15) is 18.4 Å². The Morgan fingerprint density at radius 1 is 1.19 bits per heavy atom. The van der Waals surface area contributed by atoms with Gasteiger partial charge in [0.25, 0.3) is 0 Å². The molecule has 1 aromatic heterocycles. The van der Waals surface area contributed by atoms with Crippen molar-refractivity contribution in [3.05, 3.63) is 57.5 Å². The fourth-order valence-corrected chi connectivity index (χ4v) is 3.94. The van der Waals surface area contributed by atoms with Crippen molar-refractivity contribution in [2.24, 2.45) is 0 Å². The number of anilines is 1. The molecule has 3 aromatic rings. The molecule has 4 rings (SSSR count). The number of hydrogen-bond acceptors (Lipinski definition) is 3. The molecule has 134 valence electrons. The Hall–Kier alpha value is -1.98. The topological polar surface area (TPSA) is 39.1 Å². The van der Waals surface area contributed by atoms with Crippen molar-refractivity contribution in [3.63, 3.8) is 0 Å². The SMILES string of the molecule is COc1ccc(Cl)cc1-n1nc(-c2cccc(Br)c2)c2c1NCCCC2. The molecule has 1 aliphatic heterocycles. The lowest BCUT2D eigenvalue weighted by atomic mass is 10.0. The molecule has 1 N–H and O–H groups in total. The predicted molar refractivity (Wildman–Crippen MR) is 110 cm³/mol. The summed E-state index contributed by atoms with van der Waals surface area (Å²) in [4.78, 5) is 0. The first kappa shape index (κ1) is 17.4. The van der Waals surface area contributed by atoms with Crippen LogP contribution in [0.5, 0.6) is 5.75 Å². The molecular formula is C20H19BrClN3O. The van der Waals surface area contributed by atoms with Gasteiger partial charge in [0.15, 0.2) is 0 Å². The Balaban J connectivity index is 1.95. The van der Waals surface area contributed by atoms with Crippen LogP contribution in [0, 0.1) is 0 Å². The van der Waals surface area contributed by atoms with E-state index >= 15 is 0 Å². The third-order valence-electron chi connectivity index (χ3n) is 4.60. The Bertz CT molecular complexity index is 954. The Morgan fingerprint density at radius 2 is 2.08 bits per heavy atom. The van der Waals surface area contributed by atoms with E-state index in [1.54, 1.807) is 7.11 Å². The molecule has 0 amide bonds. The number of methoxy groups -OCH3 is 1. The number of halogens is 2. The van der Waals surface area contributed by atoms with Crippen LogP contribution in [0.25, 0.3) is 16.9 Å². The van der Waals surface area contributed by atoms with Crippen molar-refractivity contribution in [2.75, 3.05) is 19.0 Å². The van der Waals surface area contributed by atoms with E-state index in [4.69, 9.17) is 21.4 Å². The number of hydrogen-bond donors (Lipinski definition) is 1. The van der Waals surface area contributed by atoms with Gasteiger partial charge in [-0.05, 0) is 49.6 Å². The molecule has 0 bridgehead atoms. The number of nitrogens with one attached hydrogen (secondary N) is 1. The Kier molecular flexibility index (Phi) is 4.92. The summed E-state index contributed by atoms with van der Waals surface area (Å²) in [6.45, 7) is 0.930. The van der Waals surface area contributed by atoms with E-state index in [0.717, 1.165) is 58.8 Å². The molecule has 0 spiro atoms. The van der Waals surface area contributed by atoms with Crippen molar-refractivity contribution in [1.82, 2.24) is 9.78 Å². The fraction of sp³-hybridized carbons (Fsp3) is 0.250. The average molecular weight is 433 g/mol. The highest BCUT2D eigenvalue weighted by molar-refractivity contribution is 9.10. The molecule has 0 unspecified atom stereocenters. The number of benzene rings is 2. The summed E-state index contributed by atoms with van der Waals surface area (Å²) >= 11 is 9.83. The van der Waals surface area contributed by atoms with E-state index in [-0.39, 0.29) is 0 Å². The second kappa shape index (κ2) is 7.33. The van der Waals surface area contributed by atoms with E-state index in [1.807, 2.05) is 35.0 Å². The van der Waals surface area contributed by atoms with Gasteiger partial charge in [-0.25, -0.2) is 4.68 Å². The lowest BCUT2D eigenvalue weighted by Gasteiger charge is -2.13. The first-order valence-corrected chi connectivity index (χ1v) is 9.80. The van der Waals surface area contributed by atoms with E-state index in [0.29, 0.717) is 5.02 Å². The molecule has 0 aliphatic carbocycles. The quantitative estimate of drug-likeness (QED) is 0.576. The minimum absolute atomic E-state index is 0.655. The van der Waals surface area contributed by atoms with Gasteiger partial charge in [0.05, 0.1) is 12.8 Å². The van der Waals surface area contributed by atoms with Gasteiger partial charge in [-0.1, -0.05) is 39.7 Å². The Morgan fingerprint density at radius 3 is 2.88 bits per heavy atom. The number of ether oxygens (including phenoxy) is 1. The lowest BCUT2D eigenvalue weighted by molar-refractivity contribution is 0.412. The summed E-state index contributed by atoms with van der Waals surface area (Å²) in [5, 5.41) is 9.17. The molecule has 0 saturated carbocycles. The zero-order valence-corrected chi connectivity index (χ0v) is 16.8. The molecule has 1 aliphatic rings. The van der Waals surface area contributed by atoms with Crippen molar-refractivity contribution in [1.29, 1.82) is 0 Å². The monoisotopic (exact) mass is 431 g/mol. The van der Waals surface area contributed by atoms with Crippen LogP contribution < -0.4 is 10.1 Å². The molecule has 4 nitrogen and oxygen atoms in total. The first-order chi connectivity index (χ1) is 12.7. The van der Waals surface area contributed by atoms with Crippen LogP contribution >= 0.6 is 27.5 Å². The van der Waals surface area contributed by atoms with Crippen LogP contribution in [0.2, 0.25) is 5.02 Å². The van der Waals surface area contributed by atoms with Crippen molar-refractivity contribution in [3.8, 4) is 22.7 Å². The number of rotatable bonds is 3. The fourth-order valence-electron chi connectivity index (χ4n) is 3.37. The summed E-state index contributed by atoms with van der Waals surface area (Å²) < 4.78 is 8.53. The van der Waals surface area contributed by atoms with Crippen LogP contribution in [0.4, 0.5) is 5.82 Å². The molecule has 6 heteroatoms. The van der Waals surface area contributed by atoms with E-state index < -0.39 is 0 Å². The first-order valence-electron chi connectivity index (χ1n) is 8.63. The molecule has 2 heterocycles. The normalized spacial score (nSPS) is 13.7. The van der Waals surface area contributed by atoms with E-state index in [9.17, 15) is 0 Å². The average Bonchev–Trinajstić information content (AvgIpc) is 2.82. The minimum atomic E-state index is 0.655. The van der Waals surface area contributed by atoms with Gasteiger partial charge in [0, 0.05) is 27.2 Å². The van der Waals surface area contributed by atoms with Gasteiger partial charge in [0.2, 0.25) is 0 Å². The molecule has 0 saturated heterocycles. The highest BCUT2D eigenvalue weighted by atomic mass is 79.9. The smallest absolute Gasteiger partial charge is 0.144 e. The van der Waals surface area contributed by atoms with Gasteiger partial charge < -0.3 is 10.1 Å². The standard InChI is InChI=1S/C20H19BrClN3O/c1-26-18-9-8-15(22)12-17(18)25-20-16(7-2-3-10-23-20)19(24-25)13-5-4-6-14(21)11-13/h4-6,8-9,11-12,23H,2-3,7,10H2,1H3. The zero-order chi connectivity index (χ0) is 18.1. The summed E-state index contributed by atoms with van der Waals surface area (Å²) in [6, 6.07) is 13.9. The Labute approximate surface area is 166 Å². The van der Waals surface area contributed by atoms with Gasteiger partial charge in [0.1, 0.15) is 17.3 Å². The molecule has 0 radical (unpaired) electrons. The second-order valence-electron chi connectivity index (χ2n) is 6.30. The van der Waals surface area contributed by atoms with Crippen LogP contribution in [-0.4, -0.2) is 23.4 Å². The highest BCUT2D eigenvalue weighted by Crippen LogP contribution is 2.37. The van der Waals surface area contributed by atoms with E-state index in [2.05, 4.69) is 33.4 Å². The van der Waals surface area contributed by atoms with Gasteiger partial charge in [-0.2, -0.15) is 5.10 Å². The maximum Gasteiger partial charge on any atom is 0.144 e. The van der Waals surface area contributed by atoms with Crippen molar-refractivity contribution >= 4 is 33.3 Å². The molecule has 2 aromatic carbocycles. The summed E-state index contributed by atoms with van der Waals surface area (Å²) in [5.41, 5.74) is 4.17. The van der Waals surface area contributed by atoms with Gasteiger partial charge in [-0.3, -0.25) is 0 Å². The zero-order valence-electron chi connectivity index (χ0n) is 14.4. The summed E-state index contributed by atoms with van der Waals surface area (Å²) in [6.07, 6.45) is 3.27. The third kappa shape index (κ3) is 3.21. The molecule has 0 atom stereocenters. The maximum atomic E-state index is 6.26. The van der Waals surface area contributed by atoms with Gasteiger partial charge in [-0.15, -0.1) is 0 Å². The predicted octanol–water partition coefficient (Wildman–Crippen LogP) is 5.71. The third-order valence-corrected chi connectivity index (χ3v) is 5.32. The van der Waals surface area contributed by atoms with Gasteiger partial charge >= 0.3 is 0 Å². The highest BCUT2D eigenvalue weighted by Gasteiger charge is 2.23. The largest absolute Gasteiger partial charge is 0.494 e. The van der Waals surface area contributed by atoms with Crippen LogP contribution in [0.15, 0.2) is 46.9 Å². The maximum absolute atomic E-state index is 6.26. The number of fused-ring (bicyclic) bond motifs is 1. The summed E-state index contributed by atoms with van der Waals surface area (Å²) in [7, 11) is 1.66. The molecule has 26 heavy (non-hydrogen) atoms.